The van der Waals surface area contributed by atoms with Crippen molar-refractivity contribution in [2.24, 2.45) is 11.8 Å². The number of H-pyrrole nitrogens is 1. The number of phenols is 1. The van der Waals surface area contributed by atoms with Crippen LogP contribution in [0.5, 0.6) is 5.75 Å². The molecule has 0 radical (unpaired) electrons. The van der Waals surface area contributed by atoms with Crippen molar-refractivity contribution in [3.63, 3.8) is 0 Å². The Labute approximate surface area is 180 Å². The number of phenolic OH excluding ortho intramolecular Hbond substituents is 1. The van der Waals surface area contributed by atoms with Crippen LogP contribution >= 0.6 is 0 Å². The van der Waals surface area contributed by atoms with Crippen molar-refractivity contribution in [3.05, 3.63) is 30.0 Å². The second-order valence-electron chi connectivity index (χ2n) is 8.28. The van der Waals surface area contributed by atoms with Gasteiger partial charge in [0.1, 0.15) is 23.5 Å². The van der Waals surface area contributed by atoms with Crippen LogP contribution in [0, 0.1) is 23.2 Å². The first-order chi connectivity index (χ1) is 14.8. The molecule has 1 saturated heterocycles. The van der Waals surface area contributed by atoms with Crippen LogP contribution in [0.3, 0.4) is 0 Å². The van der Waals surface area contributed by atoms with Gasteiger partial charge in [-0.1, -0.05) is 19.9 Å². The van der Waals surface area contributed by atoms with Gasteiger partial charge in [-0.3, -0.25) is 14.4 Å². The van der Waals surface area contributed by atoms with Gasteiger partial charge in [-0.05, 0) is 43.4 Å². The number of nitriles is 1. The fourth-order valence-electron chi connectivity index (χ4n) is 3.77. The van der Waals surface area contributed by atoms with Crippen LogP contribution < -0.4 is 16.0 Å². The third-order valence-electron chi connectivity index (χ3n) is 5.37. The summed E-state index contributed by atoms with van der Waals surface area (Å²) in [5, 5.41) is 28.0. The molecule has 5 N–H and O–H groups in total. The first kappa shape index (κ1) is 22.2. The van der Waals surface area contributed by atoms with Crippen LogP contribution in [0.4, 0.5) is 0 Å². The van der Waals surface area contributed by atoms with Crippen molar-refractivity contribution >= 4 is 28.6 Å². The molecule has 2 heterocycles. The van der Waals surface area contributed by atoms with Gasteiger partial charge in [0.2, 0.25) is 11.8 Å². The topological polar surface area (TPSA) is 147 Å². The number of aromatic nitrogens is 1. The number of nitrogens with zero attached hydrogens (tertiary/aromatic N) is 1. The van der Waals surface area contributed by atoms with Gasteiger partial charge in [-0.2, -0.15) is 5.26 Å². The molecule has 3 unspecified atom stereocenters. The number of fused-ring (bicyclic) bond motifs is 1. The molecule has 3 amide bonds. The van der Waals surface area contributed by atoms with Crippen LogP contribution in [0.1, 0.15) is 43.6 Å². The minimum atomic E-state index is -0.847. The molecule has 3 rings (SSSR count). The Morgan fingerprint density at radius 2 is 2.10 bits per heavy atom. The highest BCUT2D eigenvalue weighted by Gasteiger charge is 2.30. The third kappa shape index (κ3) is 5.34. The molecule has 1 aromatic heterocycles. The average Bonchev–Trinajstić information content (AvgIpc) is 3.33. The van der Waals surface area contributed by atoms with E-state index in [4.69, 9.17) is 0 Å². The van der Waals surface area contributed by atoms with Gasteiger partial charge in [-0.25, -0.2) is 0 Å². The Kier molecular flexibility index (Phi) is 6.80. The lowest BCUT2D eigenvalue weighted by atomic mass is 9.98. The zero-order valence-corrected chi connectivity index (χ0v) is 17.6. The summed E-state index contributed by atoms with van der Waals surface area (Å²) in [5.74, 6) is -1.20. The quantitative estimate of drug-likeness (QED) is 0.435. The normalized spacial score (nSPS) is 17.7. The summed E-state index contributed by atoms with van der Waals surface area (Å²) in [6.07, 6.45) is 1.25. The van der Waals surface area contributed by atoms with Gasteiger partial charge in [-0.15, -0.1) is 0 Å². The Balaban J connectivity index is 1.70. The van der Waals surface area contributed by atoms with Crippen molar-refractivity contribution in [2.75, 3.05) is 6.54 Å². The van der Waals surface area contributed by atoms with Crippen LogP contribution in [-0.2, 0) is 9.59 Å². The highest BCUT2D eigenvalue weighted by atomic mass is 16.3. The molecule has 31 heavy (non-hydrogen) atoms. The van der Waals surface area contributed by atoms with Gasteiger partial charge < -0.3 is 26.0 Å². The highest BCUT2D eigenvalue weighted by molar-refractivity contribution is 6.01. The highest BCUT2D eigenvalue weighted by Crippen LogP contribution is 2.25. The van der Waals surface area contributed by atoms with E-state index in [1.165, 1.54) is 12.1 Å². The maximum absolute atomic E-state index is 12.9. The second-order valence-corrected chi connectivity index (χ2v) is 8.28. The van der Waals surface area contributed by atoms with E-state index in [2.05, 4.69) is 20.9 Å². The molecule has 9 nitrogen and oxygen atoms in total. The average molecular weight is 425 g/mol. The minimum absolute atomic E-state index is 0.0529. The van der Waals surface area contributed by atoms with E-state index in [1.54, 1.807) is 12.1 Å². The monoisotopic (exact) mass is 425 g/mol. The number of nitrogens with one attached hydrogen (secondary N) is 4. The summed E-state index contributed by atoms with van der Waals surface area (Å²) in [7, 11) is 0. The third-order valence-corrected chi connectivity index (χ3v) is 5.37. The maximum atomic E-state index is 12.9. The van der Waals surface area contributed by atoms with Crippen LogP contribution in [-0.4, -0.2) is 46.4 Å². The number of hydrogen-bond donors (Lipinski definition) is 5. The van der Waals surface area contributed by atoms with E-state index < -0.39 is 23.9 Å². The van der Waals surface area contributed by atoms with Crippen molar-refractivity contribution < 1.29 is 19.5 Å². The van der Waals surface area contributed by atoms with Crippen LogP contribution in [0.25, 0.3) is 10.9 Å². The molecule has 1 fully saturated rings. The Morgan fingerprint density at radius 3 is 2.71 bits per heavy atom. The van der Waals surface area contributed by atoms with Crippen LogP contribution in [0.15, 0.2) is 24.3 Å². The van der Waals surface area contributed by atoms with Gasteiger partial charge in [0, 0.05) is 23.4 Å². The smallest absolute Gasteiger partial charge is 0.268 e. The first-order valence-electron chi connectivity index (χ1n) is 10.4. The molecule has 0 aliphatic carbocycles. The largest absolute Gasteiger partial charge is 0.507 e. The van der Waals surface area contributed by atoms with Crippen molar-refractivity contribution in [1.82, 2.24) is 20.9 Å². The number of hydrogen-bond acceptors (Lipinski definition) is 5. The summed E-state index contributed by atoms with van der Waals surface area (Å²) in [6, 6.07) is 6.83. The molecule has 1 aliphatic rings. The lowest BCUT2D eigenvalue weighted by Gasteiger charge is -2.22. The SMILES string of the molecule is CC(C)CC(NC(=O)c1cc2c(O)cccc2[nH]1)C(=O)NC(C#N)CC1CCNC1=O. The van der Waals surface area contributed by atoms with Crippen molar-refractivity contribution in [2.45, 2.75) is 45.2 Å². The van der Waals surface area contributed by atoms with E-state index in [0.29, 0.717) is 30.3 Å². The lowest BCUT2D eigenvalue weighted by Crippen LogP contribution is -2.50. The van der Waals surface area contributed by atoms with E-state index in [9.17, 15) is 24.8 Å². The van der Waals surface area contributed by atoms with E-state index in [1.807, 2.05) is 19.9 Å². The van der Waals surface area contributed by atoms with E-state index in [-0.39, 0.29) is 35.6 Å². The lowest BCUT2D eigenvalue weighted by molar-refractivity contribution is -0.125. The Bertz CT molecular complexity index is 1020. The van der Waals surface area contributed by atoms with Gasteiger partial charge in [0.05, 0.1) is 6.07 Å². The predicted molar refractivity (Wildman–Crippen MR) is 114 cm³/mol. The molecule has 164 valence electrons. The number of rotatable bonds is 8. The first-order valence-corrected chi connectivity index (χ1v) is 10.4. The summed E-state index contributed by atoms with van der Waals surface area (Å²) in [4.78, 5) is 40.4. The molecular weight excluding hydrogens is 398 g/mol. The molecule has 0 saturated carbocycles. The van der Waals surface area contributed by atoms with Gasteiger partial charge >= 0.3 is 0 Å². The van der Waals surface area contributed by atoms with Crippen LogP contribution in [0.2, 0.25) is 0 Å². The summed E-state index contributed by atoms with van der Waals surface area (Å²) in [6.45, 7) is 4.43. The second kappa shape index (κ2) is 9.51. The summed E-state index contributed by atoms with van der Waals surface area (Å²) < 4.78 is 0. The summed E-state index contributed by atoms with van der Waals surface area (Å²) in [5.41, 5.74) is 0.826. The van der Waals surface area contributed by atoms with Crippen molar-refractivity contribution in [3.8, 4) is 11.8 Å². The molecule has 9 heteroatoms. The fourth-order valence-corrected chi connectivity index (χ4v) is 3.77. The summed E-state index contributed by atoms with van der Waals surface area (Å²) >= 11 is 0. The zero-order chi connectivity index (χ0) is 22.5. The number of aromatic hydroxyl groups is 1. The van der Waals surface area contributed by atoms with E-state index >= 15 is 0 Å². The number of amides is 3. The molecule has 0 bridgehead atoms. The maximum Gasteiger partial charge on any atom is 0.268 e. The zero-order valence-electron chi connectivity index (χ0n) is 17.6. The number of benzene rings is 1. The van der Waals surface area contributed by atoms with Gasteiger partial charge in [0.15, 0.2) is 0 Å². The standard InChI is InChI=1S/C22H27N5O4/c1-12(2)8-17(21(30)25-14(11-23)9-13-6-7-24-20(13)29)27-22(31)18-10-15-16(26-18)4-3-5-19(15)28/h3-5,10,12-14,17,26,28H,6-9H2,1-2H3,(H,24,29)(H,25,30)(H,27,31). The Hall–Kier alpha value is -3.54. The Morgan fingerprint density at radius 1 is 1.32 bits per heavy atom. The molecule has 3 atom stereocenters. The molecule has 1 aliphatic heterocycles. The minimum Gasteiger partial charge on any atom is -0.507 e. The fraction of sp³-hybridized carbons (Fsp3) is 0.455. The van der Waals surface area contributed by atoms with Gasteiger partial charge in [0.25, 0.3) is 5.91 Å². The number of carbonyl (C=O) groups excluding carboxylic acids is 3. The molecular formula is C22H27N5O4. The van der Waals surface area contributed by atoms with E-state index in [0.717, 1.165) is 0 Å². The molecule has 2 aromatic rings. The number of carbonyl (C=O) groups is 3. The predicted octanol–water partition coefficient (Wildman–Crippen LogP) is 1.55. The van der Waals surface area contributed by atoms with Crippen molar-refractivity contribution in [1.29, 1.82) is 5.26 Å². The molecule has 1 aromatic carbocycles. The molecule has 0 spiro atoms. The number of aromatic amines is 1.